The second-order valence-corrected chi connectivity index (χ2v) is 3.24. The van der Waals surface area contributed by atoms with Gasteiger partial charge in [0.2, 0.25) is 0 Å². The molecule has 0 unspecified atom stereocenters. The van der Waals surface area contributed by atoms with E-state index in [2.05, 4.69) is 11.5 Å². The Balaban J connectivity index is 2.39. The van der Waals surface area contributed by atoms with Gasteiger partial charge >= 0.3 is 0 Å². The number of halogens is 1. The summed E-state index contributed by atoms with van der Waals surface area (Å²) in [7, 11) is 0. The Morgan fingerprint density at radius 1 is 1.21 bits per heavy atom. The monoisotopic (exact) mass is 189 g/mol. The minimum Gasteiger partial charge on any atom is -0.354 e. The molecule has 0 fully saturated rings. The van der Waals surface area contributed by atoms with Crippen molar-refractivity contribution in [2.45, 2.75) is 13.5 Å². The second-order valence-electron chi connectivity index (χ2n) is 3.24. The van der Waals surface area contributed by atoms with Gasteiger partial charge in [-0.2, -0.15) is 0 Å². The highest BCUT2D eigenvalue weighted by Gasteiger charge is 2.00. The van der Waals surface area contributed by atoms with Gasteiger partial charge in [0.1, 0.15) is 5.82 Å². The van der Waals surface area contributed by atoms with Gasteiger partial charge in [-0.3, -0.25) is 0 Å². The van der Waals surface area contributed by atoms with Crippen LogP contribution in [0.2, 0.25) is 0 Å². The number of aromatic nitrogens is 1. The number of rotatable bonds is 2. The molecule has 1 aromatic heterocycles. The molecule has 0 radical (unpaired) electrons. The van der Waals surface area contributed by atoms with E-state index in [-0.39, 0.29) is 5.82 Å². The fraction of sp³-hybridized carbons (Fsp3) is 0.167. The van der Waals surface area contributed by atoms with E-state index in [0.717, 1.165) is 17.7 Å². The molecule has 0 spiro atoms. The predicted molar refractivity (Wildman–Crippen MR) is 55.5 cm³/mol. The molecule has 0 amide bonds. The van der Waals surface area contributed by atoms with E-state index in [9.17, 15) is 4.39 Å². The van der Waals surface area contributed by atoms with E-state index in [1.165, 1.54) is 6.07 Å². The highest BCUT2D eigenvalue weighted by atomic mass is 19.1. The molecule has 14 heavy (non-hydrogen) atoms. The molecule has 0 saturated heterocycles. The number of hydrogen-bond donors (Lipinski definition) is 0. The van der Waals surface area contributed by atoms with Crippen LogP contribution in [0.3, 0.4) is 0 Å². The van der Waals surface area contributed by atoms with Crippen LogP contribution in [0.15, 0.2) is 42.7 Å². The normalized spacial score (nSPS) is 10.4. The van der Waals surface area contributed by atoms with Crippen LogP contribution in [0.4, 0.5) is 4.39 Å². The largest absolute Gasteiger partial charge is 0.354 e. The summed E-state index contributed by atoms with van der Waals surface area (Å²) in [4.78, 5) is 0. The molecule has 0 aliphatic carbocycles. The molecule has 2 heteroatoms. The predicted octanol–water partition coefficient (Wildman–Crippen LogP) is 3.31. The summed E-state index contributed by atoms with van der Waals surface area (Å²) in [5, 5.41) is 0. The first-order valence-electron chi connectivity index (χ1n) is 4.71. The van der Waals surface area contributed by atoms with Crippen molar-refractivity contribution in [3.63, 3.8) is 0 Å². The van der Waals surface area contributed by atoms with Crippen molar-refractivity contribution >= 4 is 0 Å². The van der Waals surface area contributed by atoms with Crippen molar-refractivity contribution in [2.24, 2.45) is 0 Å². The zero-order valence-electron chi connectivity index (χ0n) is 8.07. The average molecular weight is 189 g/mol. The maximum absolute atomic E-state index is 12.9. The molecule has 72 valence electrons. The van der Waals surface area contributed by atoms with Gasteiger partial charge < -0.3 is 4.57 Å². The van der Waals surface area contributed by atoms with Gasteiger partial charge in [-0.25, -0.2) is 4.39 Å². The van der Waals surface area contributed by atoms with Crippen LogP contribution in [0.5, 0.6) is 0 Å². The molecule has 1 aromatic carbocycles. The topological polar surface area (TPSA) is 4.93 Å². The summed E-state index contributed by atoms with van der Waals surface area (Å²) in [6.07, 6.45) is 4.02. The molecule has 0 N–H and O–H groups in total. The summed E-state index contributed by atoms with van der Waals surface area (Å²) < 4.78 is 15.0. The molecule has 2 rings (SSSR count). The third kappa shape index (κ3) is 1.69. The van der Waals surface area contributed by atoms with E-state index in [1.807, 2.05) is 24.5 Å². The summed E-state index contributed by atoms with van der Waals surface area (Å²) in [6, 6.07) is 8.65. The zero-order chi connectivity index (χ0) is 9.97. The van der Waals surface area contributed by atoms with Crippen molar-refractivity contribution in [3.05, 3.63) is 48.5 Å². The summed E-state index contributed by atoms with van der Waals surface area (Å²) in [6.45, 7) is 3.02. The Kier molecular flexibility index (Phi) is 2.35. The molecule has 1 heterocycles. The Hall–Kier alpha value is -1.57. The quantitative estimate of drug-likeness (QED) is 0.683. The van der Waals surface area contributed by atoms with Crippen LogP contribution in [-0.4, -0.2) is 4.57 Å². The zero-order valence-corrected chi connectivity index (χ0v) is 8.07. The lowest BCUT2D eigenvalue weighted by molar-refractivity contribution is 0.628. The number of hydrogen-bond acceptors (Lipinski definition) is 0. The molecule has 1 nitrogen and oxygen atoms in total. The molecule has 0 aliphatic heterocycles. The highest BCUT2D eigenvalue weighted by Crippen LogP contribution is 2.20. The first-order valence-corrected chi connectivity index (χ1v) is 4.71. The summed E-state index contributed by atoms with van der Waals surface area (Å²) in [5.74, 6) is -0.188. The minimum absolute atomic E-state index is 0.188. The molecule has 0 aliphatic rings. The van der Waals surface area contributed by atoms with E-state index in [1.54, 1.807) is 12.1 Å². The molecule has 2 aromatic rings. The van der Waals surface area contributed by atoms with Gasteiger partial charge in [0.15, 0.2) is 0 Å². The Morgan fingerprint density at radius 3 is 2.71 bits per heavy atom. The van der Waals surface area contributed by atoms with Gasteiger partial charge in [-0.15, -0.1) is 0 Å². The third-order valence-electron chi connectivity index (χ3n) is 2.27. The summed E-state index contributed by atoms with van der Waals surface area (Å²) in [5.41, 5.74) is 1.99. The van der Waals surface area contributed by atoms with Gasteiger partial charge in [0.25, 0.3) is 0 Å². The third-order valence-corrected chi connectivity index (χ3v) is 2.27. The first-order chi connectivity index (χ1) is 6.79. The summed E-state index contributed by atoms with van der Waals surface area (Å²) >= 11 is 0. The number of aryl methyl sites for hydroxylation is 1. The highest BCUT2D eigenvalue weighted by molar-refractivity contribution is 5.62. The lowest BCUT2D eigenvalue weighted by atomic mass is 10.1. The molecule has 0 bridgehead atoms. The fourth-order valence-corrected chi connectivity index (χ4v) is 1.48. The standard InChI is InChI=1S/C12H12FN/c1-2-14-7-6-11(9-14)10-4-3-5-12(13)8-10/h3-9H,2H2,1H3. The van der Waals surface area contributed by atoms with Crippen LogP contribution in [0.1, 0.15) is 6.92 Å². The van der Waals surface area contributed by atoms with Crippen LogP contribution in [0.25, 0.3) is 11.1 Å². The maximum atomic E-state index is 12.9. The Bertz CT molecular complexity index is 431. The van der Waals surface area contributed by atoms with Crippen molar-refractivity contribution in [1.29, 1.82) is 0 Å². The van der Waals surface area contributed by atoms with E-state index < -0.39 is 0 Å². The minimum atomic E-state index is -0.188. The van der Waals surface area contributed by atoms with Crippen molar-refractivity contribution in [1.82, 2.24) is 4.57 Å². The lowest BCUT2D eigenvalue weighted by Gasteiger charge is -1.97. The van der Waals surface area contributed by atoms with E-state index in [4.69, 9.17) is 0 Å². The first kappa shape index (κ1) is 9.00. The van der Waals surface area contributed by atoms with Crippen molar-refractivity contribution < 1.29 is 4.39 Å². The van der Waals surface area contributed by atoms with Crippen molar-refractivity contribution in [3.8, 4) is 11.1 Å². The maximum Gasteiger partial charge on any atom is 0.123 e. The van der Waals surface area contributed by atoms with Crippen LogP contribution in [0, 0.1) is 5.82 Å². The Labute approximate surface area is 82.8 Å². The van der Waals surface area contributed by atoms with Gasteiger partial charge in [-0.1, -0.05) is 12.1 Å². The molecular formula is C12H12FN. The smallest absolute Gasteiger partial charge is 0.123 e. The Morgan fingerprint density at radius 2 is 2.07 bits per heavy atom. The molecular weight excluding hydrogens is 177 g/mol. The van der Waals surface area contributed by atoms with Crippen LogP contribution >= 0.6 is 0 Å². The number of nitrogens with zero attached hydrogens (tertiary/aromatic N) is 1. The van der Waals surface area contributed by atoms with Crippen LogP contribution in [-0.2, 0) is 6.54 Å². The van der Waals surface area contributed by atoms with Crippen LogP contribution < -0.4 is 0 Å². The lowest BCUT2D eigenvalue weighted by Crippen LogP contribution is -1.86. The van der Waals surface area contributed by atoms with E-state index in [0.29, 0.717) is 0 Å². The molecule has 0 saturated carbocycles. The van der Waals surface area contributed by atoms with Crippen molar-refractivity contribution in [2.75, 3.05) is 0 Å². The average Bonchev–Trinajstić information content (AvgIpc) is 2.66. The second kappa shape index (κ2) is 3.66. The number of benzene rings is 1. The van der Waals surface area contributed by atoms with Gasteiger partial charge in [-0.05, 0) is 36.2 Å². The SMILES string of the molecule is CCn1ccc(-c2cccc(F)c2)c1. The van der Waals surface area contributed by atoms with E-state index >= 15 is 0 Å². The fourth-order valence-electron chi connectivity index (χ4n) is 1.48. The van der Waals surface area contributed by atoms with Gasteiger partial charge in [0.05, 0.1) is 0 Å². The van der Waals surface area contributed by atoms with Gasteiger partial charge in [0, 0.05) is 18.9 Å². The molecule has 0 atom stereocenters.